The van der Waals surface area contributed by atoms with E-state index < -0.39 is 0 Å². The molecule has 0 amide bonds. The molecule has 0 radical (unpaired) electrons. The molecule has 0 saturated heterocycles. The monoisotopic (exact) mass is 309 g/mol. The lowest BCUT2D eigenvalue weighted by Gasteiger charge is -2.19. The maximum absolute atomic E-state index is 13.6. The Balaban J connectivity index is 2.28. The Morgan fingerprint density at radius 2 is 2.10 bits per heavy atom. The second-order valence-corrected chi connectivity index (χ2v) is 5.67. The second-order valence-electron chi connectivity index (χ2n) is 5.29. The first-order valence-electron chi connectivity index (χ1n) is 7.26. The number of rotatable bonds is 6. The highest BCUT2D eigenvalue weighted by Gasteiger charge is 2.19. The number of halogens is 2. The van der Waals surface area contributed by atoms with Crippen molar-refractivity contribution in [3.8, 4) is 0 Å². The fraction of sp³-hybridized carbons (Fsp3) is 0.412. The molecular weight excluding hydrogens is 289 g/mol. The Labute approximate surface area is 130 Å². The standard InChI is InChI=1S/C17H21ClFNO/c1-4-8-20-16(14-9-11(2)21-12(14)3)10-13-6-5-7-15(19)17(13)18/h5-7,9,16,20H,4,8,10H2,1-3H3. The molecule has 1 unspecified atom stereocenters. The van der Waals surface area contributed by atoms with Crippen LogP contribution in [0.3, 0.4) is 0 Å². The predicted molar refractivity (Wildman–Crippen MR) is 84.3 cm³/mol. The number of furan rings is 1. The molecule has 2 nitrogen and oxygen atoms in total. The fourth-order valence-electron chi connectivity index (χ4n) is 2.53. The predicted octanol–water partition coefficient (Wildman–Crippen LogP) is 4.97. The van der Waals surface area contributed by atoms with E-state index in [9.17, 15) is 4.39 Å². The van der Waals surface area contributed by atoms with Crippen LogP contribution >= 0.6 is 11.6 Å². The van der Waals surface area contributed by atoms with Gasteiger partial charge in [-0.15, -0.1) is 0 Å². The average molecular weight is 310 g/mol. The van der Waals surface area contributed by atoms with Crippen LogP contribution in [0.1, 0.15) is 42.0 Å². The first-order valence-corrected chi connectivity index (χ1v) is 7.64. The van der Waals surface area contributed by atoms with Gasteiger partial charge in [-0.05, 0) is 50.9 Å². The Morgan fingerprint density at radius 3 is 2.71 bits per heavy atom. The number of hydrogen-bond acceptors (Lipinski definition) is 2. The summed E-state index contributed by atoms with van der Waals surface area (Å²) in [5, 5.41) is 3.70. The van der Waals surface area contributed by atoms with E-state index >= 15 is 0 Å². The van der Waals surface area contributed by atoms with Crippen LogP contribution < -0.4 is 5.32 Å². The van der Waals surface area contributed by atoms with Gasteiger partial charge < -0.3 is 9.73 Å². The van der Waals surface area contributed by atoms with Crippen molar-refractivity contribution in [2.75, 3.05) is 6.54 Å². The van der Waals surface area contributed by atoms with E-state index in [1.165, 1.54) is 6.07 Å². The van der Waals surface area contributed by atoms with E-state index in [1.54, 1.807) is 6.07 Å². The Kier molecular flexibility index (Phi) is 5.43. The quantitative estimate of drug-likeness (QED) is 0.814. The van der Waals surface area contributed by atoms with Crippen LogP contribution in [0.2, 0.25) is 5.02 Å². The molecule has 0 aliphatic heterocycles. The third kappa shape index (κ3) is 3.86. The van der Waals surface area contributed by atoms with E-state index in [-0.39, 0.29) is 16.9 Å². The third-order valence-corrected chi connectivity index (χ3v) is 3.97. The van der Waals surface area contributed by atoms with Crippen molar-refractivity contribution >= 4 is 11.6 Å². The molecule has 1 atom stereocenters. The van der Waals surface area contributed by atoms with Crippen molar-refractivity contribution < 1.29 is 8.81 Å². The molecule has 1 aromatic heterocycles. The van der Waals surface area contributed by atoms with Gasteiger partial charge in [0.2, 0.25) is 0 Å². The SMILES string of the molecule is CCCNC(Cc1cccc(F)c1Cl)c1cc(C)oc1C. The highest BCUT2D eigenvalue weighted by atomic mass is 35.5. The smallest absolute Gasteiger partial charge is 0.142 e. The average Bonchev–Trinajstić information content (AvgIpc) is 2.78. The van der Waals surface area contributed by atoms with E-state index in [1.807, 2.05) is 26.0 Å². The normalized spacial score (nSPS) is 12.6. The van der Waals surface area contributed by atoms with Crippen LogP contribution in [-0.2, 0) is 6.42 Å². The molecule has 2 aromatic rings. The van der Waals surface area contributed by atoms with Gasteiger partial charge in [-0.3, -0.25) is 0 Å². The van der Waals surface area contributed by atoms with Gasteiger partial charge in [-0.25, -0.2) is 4.39 Å². The van der Waals surface area contributed by atoms with Crippen molar-refractivity contribution in [3.05, 3.63) is 57.8 Å². The first kappa shape index (κ1) is 16.1. The van der Waals surface area contributed by atoms with E-state index in [0.717, 1.165) is 35.6 Å². The molecule has 0 spiro atoms. The number of benzene rings is 1. The van der Waals surface area contributed by atoms with Crippen LogP contribution in [0.4, 0.5) is 4.39 Å². The summed E-state index contributed by atoms with van der Waals surface area (Å²) in [7, 11) is 0. The number of nitrogens with one attached hydrogen (secondary N) is 1. The topological polar surface area (TPSA) is 25.2 Å². The summed E-state index contributed by atoms with van der Waals surface area (Å²) in [6.45, 7) is 6.90. The summed E-state index contributed by atoms with van der Waals surface area (Å²) in [4.78, 5) is 0. The molecule has 0 saturated carbocycles. The van der Waals surface area contributed by atoms with Gasteiger partial charge in [0, 0.05) is 11.6 Å². The van der Waals surface area contributed by atoms with Crippen LogP contribution in [0, 0.1) is 19.7 Å². The largest absolute Gasteiger partial charge is 0.466 e. The molecule has 4 heteroatoms. The summed E-state index contributed by atoms with van der Waals surface area (Å²) < 4.78 is 19.2. The van der Waals surface area contributed by atoms with Crippen molar-refractivity contribution in [2.24, 2.45) is 0 Å². The molecule has 0 aliphatic carbocycles. The summed E-state index contributed by atoms with van der Waals surface area (Å²) in [5.41, 5.74) is 1.92. The summed E-state index contributed by atoms with van der Waals surface area (Å²) in [6.07, 6.45) is 1.67. The number of hydrogen-bond donors (Lipinski definition) is 1. The van der Waals surface area contributed by atoms with E-state index in [4.69, 9.17) is 16.0 Å². The zero-order valence-corrected chi connectivity index (χ0v) is 13.4. The molecule has 2 rings (SSSR count). The van der Waals surface area contributed by atoms with Gasteiger partial charge in [0.25, 0.3) is 0 Å². The zero-order valence-electron chi connectivity index (χ0n) is 12.7. The maximum atomic E-state index is 13.6. The minimum atomic E-state index is -0.372. The van der Waals surface area contributed by atoms with Gasteiger partial charge in [0.1, 0.15) is 17.3 Å². The van der Waals surface area contributed by atoms with Crippen LogP contribution in [0.25, 0.3) is 0 Å². The Bertz CT molecular complexity index is 609. The molecule has 0 aliphatic rings. The van der Waals surface area contributed by atoms with Crippen molar-refractivity contribution in [1.29, 1.82) is 0 Å². The summed E-state index contributed by atoms with van der Waals surface area (Å²) >= 11 is 6.08. The van der Waals surface area contributed by atoms with Crippen molar-refractivity contribution in [2.45, 2.75) is 39.7 Å². The first-order chi connectivity index (χ1) is 10.0. The molecular formula is C17H21ClFNO. The van der Waals surface area contributed by atoms with Gasteiger partial charge in [-0.1, -0.05) is 30.7 Å². The summed E-state index contributed by atoms with van der Waals surface area (Å²) in [5.74, 6) is 1.41. The Hall–Kier alpha value is -1.32. The van der Waals surface area contributed by atoms with E-state index in [2.05, 4.69) is 12.2 Å². The maximum Gasteiger partial charge on any atom is 0.142 e. The molecule has 1 heterocycles. The highest BCUT2D eigenvalue weighted by Crippen LogP contribution is 2.28. The van der Waals surface area contributed by atoms with Crippen molar-refractivity contribution in [3.63, 3.8) is 0 Å². The van der Waals surface area contributed by atoms with Crippen LogP contribution in [-0.4, -0.2) is 6.54 Å². The Morgan fingerprint density at radius 1 is 1.33 bits per heavy atom. The van der Waals surface area contributed by atoms with Crippen molar-refractivity contribution in [1.82, 2.24) is 5.32 Å². The molecule has 114 valence electrons. The van der Waals surface area contributed by atoms with Gasteiger partial charge in [0.15, 0.2) is 0 Å². The minimum Gasteiger partial charge on any atom is -0.466 e. The van der Waals surface area contributed by atoms with E-state index in [0.29, 0.717) is 6.42 Å². The lowest BCUT2D eigenvalue weighted by molar-refractivity contribution is 0.480. The molecule has 1 N–H and O–H groups in total. The molecule has 21 heavy (non-hydrogen) atoms. The second kappa shape index (κ2) is 7.10. The molecule has 1 aromatic carbocycles. The molecule has 0 fully saturated rings. The number of aryl methyl sites for hydroxylation is 2. The minimum absolute atomic E-state index is 0.0710. The van der Waals surface area contributed by atoms with Gasteiger partial charge in [-0.2, -0.15) is 0 Å². The molecule has 0 bridgehead atoms. The summed E-state index contributed by atoms with van der Waals surface area (Å²) in [6, 6.07) is 7.06. The zero-order chi connectivity index (χ0) is 15.4. The van der Waals surface area contributed by atoms with Gasteiger partial charge >= 0.3 is 0 Å². The lowest BCUT2D eigenvalue weighted by Crippen LogP contribution is -2.24. The van der Waals surface area contributed by atoms with Crippen LogP contribution in [0.15, 0.2) is 28.7 Å². The van der Waals surface area contributed by atoms with Gasteiger partial charge in [0.05, 0.1) is 5.02 Å². The lowest BCUT2D eigenvalue weighted by atomic mass is 9.98. The van der Waals surface area contributed by atoms with Crippen LogP contribution in [0.5, 0.6) is 0 Å². The third-order valence-electron chi connectivity index (χ3n) is 3.55. The highest BCUT2D eigenvalue weighted by molar-refractivity contribution is 6.31. The fourth-order valence-corrected chi connectivity index (χ4v) is 2.74.